The maximum atomic E-state index is 12.9. The van der Waals surface area contributed by atoms with Gasteiger partial charge in [-0.15, -0.1) is 0 Å². The highest BCUT2D eigenvalue weighted by Gasteiger charge is 2.21. The van der Waals surface area contributed by atoms with Gasteiger partial charge in [0.05, 0.1) is 5.56 Å². The second-order valence-electron chi connectivity index (χ2n) is 5.95. The number of esters is 1. The largest absolute Gasteiger partial charge is 0.454 e. The van der Waals surface area contributed by atoms with E-state index < -0.39 is 5.97 Å². The summed E-state index contributed by atoms with van der Waals surface area (Å²) >= 11 is 0. The average molecular weight is 354 g/mol. The summed E-state index contributed by atoms with van der Waals surface area (Å²) in [5.74, 6) is 0.315. The minimum absolute atomic E-state index is 0.133. The summed E-state index contributed by atoms with van der Waals surface area (Å²) < 4.78 is 23.2. The third kappa shape index (κ3) is 3.85. The Bertz CT molecular complexity index is 905. The minimum atomic E-state index is -0.524. The molecule has 8 heteroatoms. The molecule has 1 fully saturated rings. The molecule has 0 atom stereocenters. The van der Waals surface area contributed by atoms with Gasteiger partial charge in [0.15, 0.2) is 6.61 Å². The number of benzene rings is 1. The Hall–Kier alpha value is -3.29. The maximum absolute atomic E-state index is 12.9. The summed E-state index contributed by atoms with van der Waals surface area (Å²) in [5.41, 5.74) is 0.924. The Kier molecular flexibility index (Phi) is 4.30. The highest BCUT2D eigenvalue weighted by molar-refractivity contribution is 5.89. The van der Waals surface area contributed by atoms with Crippen molar-refractivity contribution in [2.24, 2.45) is 0 Å². The summed E-state index contributed by atoms with van der Waals surface area (Å²) in [4.78, 5) is 20.4. The Morgan fingerprint density at radius 1 is 1.23 bits per heavy atom. The van der Waals surface area contributed by atoms with Crippen LogP contribution in [-0.4, -0.2) is 27.1 Å². The Balaban J connectivity index is 1.34. The molecule has 2 aromatic heterocycles. The van der Waals surface area contributed by atoms with Gasteiger partial charge in [-0.3, -0.25) is 0 Å². The van der Waals surface area contributed by atoms with Crippen LogP contribution in [0.5, 0.6) is 0 Å². The SMILES string of the molecule is O=C(OCc1noc(-c2ccc(F)cc2)n1)c1ccc(NC2CC2)nc1. The third-order valence-corrected chi connectivity index (χ3v) is 3.82. The highest BCUT2D eigenvalue weighted by Crippen LogP contribution is 2.23. The fraction of sp³-hybridized carbons (Fsp3) is 0.222. The molecular formula is C18H15FN4O3. The number of carbonyl (C=O) groups excluding carboxylic acids is 1. The van der Waals surface area contributed by atoms with Gasteiger partial charge < -0.3 is 14.6 Å². The van der Waals surface area contributed by atoms with Crippen molar-refractivity contribution in [3.8, 4) is 11.5 Å². The number of carbonyl (C=O) groups is 1. The van der Waals surface area contributed by atoms with E-state index in [1.807, 2.05) is 0 Å². The molecule has 1 aromatic carbocycles. The maximum Gasteiger partial charge on any atom is 0.340 e. The van der Waals surface area contributed by atoms with Gasteiger partial charge in [0.1, 0.15) is 11.6 Å². The number of aromatic nitrogens is 3. The number of rotatable bonds is 6. The van der Waals surface area contributed by atoms with E-state index in [-0.39, 0.29) is 24.1 Å². The molecular weight excluding hydrogens is 339 g/mol. The predicted octanol–water partition coefficient (Wildman–Crippen LogP) is 3.20. The molecule has 0 spiro atoms. The summed E-state index contributed by atoms with van der Waals surface area (Å²) in [6.45, 7) is -0.133. The lowest BCUT2D eigenvalue weighted by molar-refractivity contribution is 0.0459. The molecule has 3 aromatic rings. The van der Waals surface area contributed by atoms with Gasteiger partial charge in [0, 0.05) is 17.8 Å². The second kappa shape index (κ2) is 6.91. The first-order chi connectivity index (χ1) is 12.7. The Morgan fingerprint density at radius 2 is 2.04 bits per heavy atom. The monoisotopic (exact) mass is 354 g/mol. The Morgan fingerprint density at radius 3 is 2.73 bits per heavy atom. The van der Waals surface area contributed by atoms with Crippen LogP contribution in [0.15, 0.2) is 47.1 Å². The van der Waals surface area contributed by atoms with Crippen LogP contribution < -0.4 is 5.32 Å². The van der Waals surface area contributed by atoms with Gasteiger partial charge in [-0.1, -0.05) is 5.16 Å². The van der Waals surface area contributed by atoms with Crippen LogP contribution in [-0.2, 0) is 11.3 Å². The molecule has 1 saturated carbocycles. The molecule has 26 heavy (non-hydrogen) atoms. The zero-order valence-corrected chi connectivity index (χ0v) is 13.7. The first kappa shape index (κ1) is 16.2. The summed E-state index contributed by atoms with van der Waals surface area (Å²) in [6.07, 6.45) is 3.76. The summed E-state index contributed by atoms with van der Waals surface area (Å²) in [5, 5.41) is 6.99. The molecule has 7 nitrogen and oxygen atoms in total. The van der Waals surface area contributed by atoms with Crippen molar-refractivity contribution in [2.75, 3.05) is 5.32 Å². The fourth-order valence-corrected chi connectivity index (χ4v) is 2.27. The average Bonchev–Trinajstić information content (AvgIpc) is 3.35. The van der Waals surface area contributed by atoms with Crippen molar-refractivity contribution in [1.82, 2.24) is 15.1 Å². The molecule has 0 radical (unpaired) electrons. The molecule has 1 aliphatic carbocycles. The molecule has 0 bridgehead atoms. The molecule has 1 aliphatic rings. The van der Waals surface area contributed by atoms with Gasteiger partial charge >= 0.3 is 5.97 Å². The van der Waals surface area contributed by atoms with Crippen LogP contribution in [0, 0.1) is 5.82 Å². The number of halogens is 1. The lowest BCUT2D eigenvalue weighted by atomic mass is 10.2. The zero-order chi connectivity index (χ0) is 17.9. The Labute approximate surface area is 148 Å². The van der Waals surface area contributed by atoms with Gasteiger partial charge in [0.25, 0.3) is 5.89 Å². The fourth-order valence-electron chi connectivity index (χ4n) is 2.27. The van der Waals surface area contributed by atoms with E-state index in [0.717, 1.165) is 18.7 Å². The van der Waals surface area contributed by atoms with Crippen LogP contribution in [0.4, 0.5) is 10.2 Å². The number of nitrogens with one attached hydrogen (secondary N) is 1. The lowest BCUT2D eigenvalue weighted by Crippen LogP contribution is -2.08. The molecule has 0 unspecified atom stereocenters. The van der Waals surface area contributed by atoms with Crippen LogP contribution in [0.3, 0.4) is 0 Å². The van der Waals surface area contributed by atoms with E-state index in [2.05, 4.69) is 20.4 Å². The first-order valence-corrected chi connectivity index (χ1v) is 8.15. The van der Waals surface area contributed by atoms with Gasteiger partial charge in [-0.05, 0) is 49.2 Å². The number of anilines is 1. The van der Waals surface area contributed by atoms with Crippen molar-refractivity contribution in [3.05, 3.63) is 59.8 Å². The van der Waals surface area contributed by atoms with Gasteiger partial charge in [0.2, 0.25) is 5.82 Å². The van der Waals surface area contributed by atoms with Crippen LogP contribution >= 0.6 is 0 Å². The molecule has 0 saturated heterocycles. The number of ether oxygens (including phenoxy) is 1. The second-order valence-corrected chi connectivity index (χ2v) is 5.95. The molecule has 0 amide bonds. The number of hydrogen-bond donors (Lipinski definition) is 1. The number of hydrogen-bond acceptors (Lipinski definition) is 7. The van der Waals surface area contributed by atoms with Crippen LogP contribution in [0.2, 0.25) is 0 Å². The van der Waals surface area contributed by atoms with Crippen LogP contribution in [0.25, 0.3) is 11.5 Å². The van der Waals surface area contributed by atoms with Crippen molar-refractivity contribution in [3.63, 3.8) is 0 Å². The highest BCUT2D eigenvalue weighted by atomic mass is 19.1. The van der Waals surface area contributed by atoms with E-state index in [1.54, 1.807) is 12.1 Å². The summed E-state index contributed by atoms with van der Waals surface area (Å²) in [7, 11) is 0. The van der Waals surface area contributed by atoms with Crippen LogP contribution in [0.1, 0.15) is 29.0 Å². The smallest absolute Gasteiger partial charge is 0.340 e. The molecule has 4 rings (SSSR count). The van der Waals surface area contributed by atoms with Crippen molar-refractivity contribution in [1.29, 1.82) is 0 Å². The molecule has 132 valence electrons. The predicted molar refractivity (Wildman–Crippen MR) is 89.7 cm³/mol. The standard InChI is InChI=1S/C18H15FN4O3/c19-13-4-1-11(2-5-13)17-22-16(23-26-17)10-25-18(24)12-3-8-15(20-9-12)21-14-6-7-14/h1-5,8-9,14H,6-7,10H2,(H,20,21). The van der Waals surface area contributed by atoms with Crippen molar-refractivity contribution < 1.29 is 18.4 Å². The van der Waals surface area contributed by atoms with Crippen molar-refractivity contribution >= 4 is 11.8 Å². The van der Waals surface area contributed by atoms with E-state index in [0.29, 0.717) is 17.2 Å². The van der Waals surface area contributed by atoms with Crippen molar-refractivity contribution in [2.45, 2.75) is 25.5 Å². The van der Waals surface area contributed by atoms with E-state index in [9.17, 15) is 9.18 Å². The number of pyridine rings is 1. The quantitative estimate of drug-likeness (QED) is 0.680. The topological polar surface area (TPSA) is 90.1 Å². The summed E-state index contributed by atoms with van der Waals surface area (Å²) in [6, 6.07) is 9.55. The molecule has 2 heterocycles. The molecule has 1 N–H and O–H groups in total. The lowest BCUT2D eigenvalue weighted by Gasteiger charge is -2.05. The van der Waals surface area contributed by atoms with E-state index in [4.69, 9.17) is 9.26 Å². The van der Waals surface area contributed by atoms with Gasteiger partial charge in [-0.2, -0.15) is 4.98 Å². The third-order valence-electron chi connectivity index (χ3n) is 3.82. The van der Waals surface area contributed by atoms with Gasteiger partial charge in [-0.25, -0.2) is 14.2 Å². The zero-order valence-electron chi connectivity index (χ0n) is 13.7. The minimum Gasteiger partial charge on any atom is -0.454 e. The first-order valence-electron chi connectivity index (χ1n) is 8.15. The normalized spacial score (nSPS) is 13.4. The number of nitrogens with zero attached hydrogens (tertiary/aromatic N) is 3. The van der Waals surface area contributed by atoms with E-state index in [1.165, 1.54) is 30.5 Å². The van der Waals surface area contributed by atoms with E-state index >= 15 is 0 Å². The molecule has 0 aliphatic heterocycles.